The maximum Gasteiger partial charge on any atom is 0.306 e. The molecule has 0 bridgehead atoms. The molecule has 0 aliphatic carbocycles. The van der Waals surface area contributed by atoms with Crippen molar-refractivity contribution in [2.45, 2.75) is 24.8 Å². The number of hydrogen-bond donors (Lipinski definition) is 1. The normalized spacial score (nSPS) is 14.7. The summed E-state index contributed by atoms with van der Waals surface area (Å²) < 4.78 is 37.6. The Bertz CT molecular complexity index is 1090. The van der Waals surface area contributed by atoms with Crippen LogP contribution >= 0.6 is 0 Å². The first-order valence-corrected chi connectivity index (χ1v) is 12.5. The van der Waals surface area contributed by atoms with E-state index in [0.717, 1.165) is 5.56 Å². The van der Waals surface area contributed by atoms with Crippen molar-refractivity contribution in [3.8, 4) is 0 Å². The fraction of sp³-hybridized carbons (Fsp3) is 0.417. The van der Waals surface area contributed by atoms with E-state index in [9.17, 15) is 18.0 Å². The molecule has 34 heavy (non-hydrogen) atoms. The second kappa shape index (κ2) is 12.1. The van der Waals surface area contributed by atoms with Crippen molar-refractivity contribution in [3.63, 3.8) is 0 Å². The predicted molar refractivity (Wildman–Crippen MR) is 128 cm³/mol. The number of carbonyl (C=O) groups is 2. The van der Waals surface area contributed by atoms with Gasteiger partial charge in [0.15, 0.2) is 0 Å². The number of aryl methyl sites for hydroxylation is 1. The molecule has 1 amide bonds. The topological polar surface area (TPSA) is 105 Å². The third kappa shape index (κ3) is 7.10. The molecule has 1 aliphatic rings. The van der Waals surface area contributed by atoms with Crippen molar-refractivity contribution in [2.75, 3.05) is 51.8 Å². The number of rotatable bonds is 10. The Morgan fingerprint density at radius 2 is 1.82 bits per heavy atom. The van der Waals surface area contributed by atoms with Gasteiger partial charge in [0, 0.05) is 31.9 Å². The van der Waals surface area contributed by atoms with E-state index >= 15 is 0 Å². The van der Waals surface area contributed by atoms with E-state index in [2.05, 4.69) is 5.32 Å². The van der Waals surface area contributed by atoms with Gasteiger partial charge in [0.1, 0.15) is 0 Å². The lowest BCUT2D eigenvalue weighted by Crippen LogP contribution is -2.40. The van der Waals surface area contributed by atoms with Crippen LogP contribution in [0.5, 0.6) is 0 Å². The second-order valence-electron chi connectivity index (χ2n) is 8.07. The molecule has 1 N–H and O–H groups in total. The zero-order valence-electron chi connectivity index (χ0n) is 19.5. The molecule has 0 aromatic heterocycles. The van der Waals surface area contributed by atoms with Gasteiger partial charge in [-0.1, -0.05) is 36.4 Å². The highest BCUT2D eigenvalue weighted by molar-refractivity contribution is 7.89. The van der Waals surface area contributed by atoms with Crippen LogP contribution in [-0.4, -0.2) is 76.0 Å². The SMILES string of the molecule is COC(=O)CCN(CC(=O)Nc1ccc(C)c(S(=O)(=O)N2CCOCC2)c1)Cc1ccccc1. The number of nitrogens with one attached hydrogen (secondary N) is 1. The summed E-state index contributed by atoms with van der Waals surface area (Å²) in [5.74, 6) is -0.658. The highest BCUT2D eigenvalue weighted by Crippen LogP contribution is 2.24. The minimum atomic E-state index is -3.70. The molecule has 10 heteroatoms. The summed E-state index contributed by atoms with van der Waals surface area (Å²) in [7, 11) is -2.37. The number of morpholine rings is 1. The number of benzene rings is 2. The quantitative estimate of drug-likeness (QED) is 0.509. The molecule has 0 saturated carbocycles. The summed E-state index contributed by atoms with van der Waals surface area (Å²) in [5, 5.41) is 2.80. The zero-order valence-corrected chi connectivity index (χ0v) is 20.3. The number of ether oxygens (including phenoxy) is 2. The van der Waals surface area contributed by atoms with Gasteiger partial charge in [-0.25, -0.2) is 8.42 Å². The Hall–Kier alpha value is -2.79. The first kappa shape index (κ1) is 25.8. The summed E-state index contributed by atoms with van der Waals surface area (Å²) in [5.41, 5.74) is 2.01. The molecule has 0 unspecified atom stereocenters. The predicted octanol–water partition coefficient (Wildman–Crippen LogP) is 2.02. The van der Waals surface area contributed by atoms with Crippen LogP contribution in [0, 0.1) is 6.92 Å². The number of nitrogens with zero attached hydrogens (tertiary/aromatic N) is 2. The Kier molecular flexibility index (Phi) is 9.17. The molecule has 0 spiro atoms. The summed E-state index contributed by atoms with van der Waals surface area (Å²) in [6.45, 7) is 3.91. The van der Waals surface area contributed by atoms with Crippen LogP contribution in [0.15, 0.2) is 53.4 Å². The highest BCUT2D eigenvalue weighted by Gasteiger charge is 2.28. The summed E-state index contributed by atoms with van der Waals surface area (Å²) >= 11 is 0. The number of carbonyl (C=O) groups excluding carboxylic acids is 2. The number of hydrogen-bond acceptors (Lipinski definition) is 7. The highest BCUT2D eigenvalue weighted by atomic mass is 32.2. The Morgan fingerprint density at radius 1 is 1.12 bits per heavy atom. The molecular weight excluding hydrogens is 458 g/mol. The van der Waals surface area contributed by atoms with Crippen molar-refractivity contribution in [3.05, 3.63) is 59.7 Å². The van der Waals surface area contributed by atoms with Gasteiger partial charge >= 0.3 is 5.97 Å². The molecule has 0 atom stereocenters. The lowest BCUT2D eigenvalue weighted by molar-refractivity contribution is -0.141. The maximum absolute atomic E-state index is 13.1. The third-order valence-corrected chi connectivity index (χ3v) is 7.58. The van der Waals surface area contributed by atoms with Crippen molar-refractivity contribution in [1.82, 2.24) is 9.21 Å². The van der Waals surface area contributed by atoms with E-state index < -0.39 is 10.0 Å². The van der Waals surface area contributed by atoms with Gasteiger partial charge in [0.2, 0.25) is 15.9 Å². The number of sulfonamides is 1. The van der Waals surface area contributed by atoms with Gasteiger partial charge in [0.05, 0.1) is 38.2 Å². The number of esters is 1. The van der Waals surface area contributed by atoms with Crippen LogP contribution < -0.4 is 5.32 Å². The Labute approximate surface area is 200 Å². The largest absolute Gasteiger partial charge is 0.469 e. The van der Waals surface area contributed by atoms with E-state index in [4.69, 9.17) is 9.47 Å². The van der Waals surface area contributed by atoms with Crippen molar-refractivity contribution >= 4 is 27.6 Å². The second-order valence-corrected chi connectivity index (χ2v) is 9.97. The van der Waals surface area contributed by atoms with Crippen LogP contribution in [0.4, 0.5) is 5.69 Å². The fourth-order valence-electron chi connectivity index (χ4n) is 3.69. The smallest absolute Gasteiger partial charge is 0.306 e. The van der Waals surface area contributed by atoms with E-state index in [1.54, 1.807) is 19.1 Å². The van der Waals surface area contributed by atoms with E-state index in [0.29, 0.717) is 50.6 Å². The van der Waals surface area contributed by atoms with Crippen molar-refractivity contribution in [1.29, 1.82) is 0 Å². The van der Waals surface area contributed by atoms with Gasteiger partial charge in [-0.15, -0.1) is 0 Å². The minimum absolute atomic E-state index is 0.0330. The standard InChI is InChI=1S/C24H31N3O6S/c1-19-8-9-21(16-22(19)34(30,31)27-12-14-33-15-13-27)25-23(28)18-26(11-10-24(29)32-2)17-20-6-4-3-5-7-20/h3-9,16H,10-15,17-18H2,1-2H3,(H,25,28). The average molecular weight is 490 g/mol. The molecule has 184 valence electrons. The first-order chi connectivity index (χ1) is 16.3. The molecule has 2 aromatic rings. The average Bonchev–Trinajstić information content (AvgIpc) is 2.84. The number of amides is 1. The van der Waals surface area contributed by atoms with E-state index in [1.165, 1.54) is 17.5 Å². The van der Waals surface area contributed by atoms with Crippen molar-refractivity contribution < 1.29 is 27.5 Å². The van der Waals surface area contributed by atoms with E-state index in [1.807, 2.05) is 35.2 Å². The van der Waals surface area contributed by atoms with Crippen LogP contribution in [0.2, 0.25) is 0 Å². The third-order valence-electron chi connectivity index (χ3n) is 5.54. The summed E-state index contributed by atoms with van der Waals surface area (Å²) in [6, 6.07) is 14.5. The van der Waals surface area contributed by atoms with Crippen LogP contribution in [0.3, 0.4) is 0 Å². The summed E-state index contributed by atoms with van der Waals surface area (Å²) in [4.78, 5) is 26.5. The molecule has 2 aromatic carbocycles. The lowest BCUT2D eigenvalue weighted by Gasteiger charge is -2.27. The molecule has 9 nitrogen and oxygen atoms in total. The van der Waals surface area contributed by atoms with Crippen LogP contribution in [0.1, 0.15) is 17.5 Å². The van der Waals surface area contributed by atoms with Gasteiger partial charge < -0.3 is 14.8 Å². The Morgan fingerprint density at radius 3 is 2.50 bits per heavy atom. The molecule has 3 rings (SSSR count). The minimum Gasteiger partial charge on any atom is -0.469 e. The molecule has 1 heterocycles. The lowest BCUT2D eigenvalue weighted by atomic mass is 10.2. The molecule has 1 aliphatic heterocycles. The van der Waals surface area contributed by atoms with Gasteiger partial charge in [-0.3, -0.25) is 14.5 Å². The van der Waals surface area contributed by atoms with Crippen LogP contribution in [-0.2, 0) is 35.6 Å². The Balaban J connectivity index is 1.71. The first-order valence-electron chi connectivity index (χ1n) is 11.1. The van der Waals surface area contributed by atoms with Crippen LogP contribution in [0.25, 0.3) is 0 Å². The van der Waals surface area contributed by atoms with Crippen molar-refractivity contribution in [2.24, 2.45) is 0 Å². The van der Waals surface area contributed by atoms with Gasteiger partial charge in [-0.05, 0) is 30.2 Å². The zero-order chi connectivity index (χ0) is 24.6. The number of methoxy groups -OCH3 is 1. The molecule has 1 fully saturated rings. The fourth-order valence-corrected chi connectivity index (χ4v) is 5.35. The maximum atomic E-state index is 13.1. The van der Waals surface area contributed by atoms with E-state index in [-0.39, 0.29) is 29.7 Å². The van der Waals surface area contributed by atoms with Gasteiger partial charge in [0.25, 0.3) is 0 Å². The monoisotopic (exact) mass is 489 g/mol. The molecule has 0 radical (unpaired) electrons. The molecular formula is C24H31N3O6S. The summed E-state index contributed by atoms with van der Waals surface area (Å²) in [6.07, 6.45) is 0.156. The molecule has 1 saturated heterocycles. The number of anilines is 1. The van der Waals surface area contributed by atoms with Gasteiger partial charge in [-0.2, -0.15) is 4.31 Å².